The zero-order valence-corrected chi connectivity index (χ0v) is 9.20. The molecule has 0 aromatic heterocycles. The Labute approximate surface area is 89.8 Å². The van der Waals surface area contributed by atoms with Crippen LogP contribution in [0.1, 0.15) is 12.5 Å². The summed E-state index contributed by atoms with van der Waals surface area (Å²) in [5.41, 5.74) is 1.12. The van der Waals surface area contributed by atoms with Gasteiger partial charge in [0.05, 0.1) is 12.0 Å². The lowest BCUT2D eigenvalue weighted by molar-refractivity contribution is -0.130. The first-order chi connectivity index (χ1) is 6.74. The van der Waals surface area contributed by atoms with Gasteiger partial charge in [-0.05, 0) is 12.5 Å². The lowest BCUT2D eigenvalue weighted by Gasteiger charge is -2.18. The van der Waals surface area contributed by atoms with E-state index in [1.165, 1.54) is 0 Å². The highest BCUT2D eigenvalue weighted by Crippen LogP contribution is 2.10. The van der Waals surface area contributed by atoms with E-state index in [9.17, 15) is 0 Å². The predicted octanol–water partition coefficient (Wildman–Crippen LogP) is 2.80. The van der Waals surface area contributed by atoms with Crippen molar-refractivity contribution in [2.75, 3.05) is 7.11 Å². The third kappa shape index (κ3) is 3.66. The summed E-state index contributed by atoms with van der Waals surface area (Å²) in [4.78, 5) is 0. The molecule has 1 aromatic carbocycles. The minimum atomic E-state index is -0.350. The van der Waals surface area contributed by atoms with Gasteiger partial charge in [0, 0.05) is 7.11 Å². The van der Waals surface area contributed by atoms with Gasteiger partial charge in [-0.15, -0.1) is 11.6 Å². The van der Waals surface area contributed by atoms with E-state index in [1.807, 2.05) is 37.3 Å². The van der Waals surface area contributed by atoms with Crippen molar-refractivity contribution < 1.29 is 9.47 Å². The second-order valence-electron chi connectivity index (χ2n) is 3.08. The molecule has 0 spiro atoms. The Bertz CT molecular complexity index is 249. The average Bonchev–Trinajstić information content (AvgIpc) is 2.20. The van der Waals surface area contributed by atoms with Crippen molar-refractivity contribution in [1.82, 2.24) is 0 Å². The Morgan fingerprint density at radius 2 is 1.93 bits per heavy atom. The van der Waals surface area contributed by atoms with E-state index < -0.39 is 0 Å². The normalized spacial score (nSPS) is 15.1. The van der Waals surface area contributed by atoms with E-state index in [-0.39, 0.29) is 11.7 Å². The van der Waals surface area contributed by atoms with E-state index in [4.69, 9.17) is 21.1 Å². The highest BCUT2D eigenvalue weighted by Gasteiger charge is 2.13. The fourth-order valence-corrected chi connectivity index (χ4v) is 1.32. The van der Waals surface area contributed by atoms with Gasteiger partial charge in [-0.3, -0.25) is 0 Å². The molecule has 3 heteroatoms. The average molecular weight is 215 g/mol. The number of halogens is 1. The van der Waals surface area contributed by atoms with E-state index in [2.05, 4.69) is 0 Å². The van der Waals surface area contributed by atoms with Gasteiger partial charge >= 0.3 is 0 Å². The van der Waals surface area contributed by atoms with Gasteiger partial charge < -0.3 is 9.47 Å². The molecule has 0 fully saturated rings. The summed E-state index contributed by atoms with van der Waals surface area (Å²) in [5.74, 6) is 0. The molecule has 14 heavy (non-hydrogen) atoms. The van der Waals surface area contributed by atoms with Crippen molar-refractivity contribution in [3.63, 3.8) is 0 Å². The second-order valence-corrected chi connectivity index (χ2v) is 3.77. The topological polar surface area (TPSA) is 18.5 Å². The first-order valence-corrected chi connectivity index (χ1v) is 5.00. The van der Waals surface area contributed by atoms with Crippen LogP contribution in [0.15, 0.2) is 30.3 Å². The van der Waals surface area contributed by atoms with Gasteiger partial charge in [0.2, 0.25) is 0 Å². The first kappa shape index (κ1) is 11.5. The molecule has 0 radical (unpaired) electrons. The van der Waals surface area contributed by atoms with Gasteiger partial charge in [-0.1, -0.05) is 30.3 Å². The van der Waals surface area contributed by atoms with Crippen LogP contribution in [0.5, 0.6) is 0 Å². The molecule has 0 N–H and O–H groups in total. The molecule has 0 heterocycles. The van der Waals surface area contributed by atoms with Crippen LogP contribution in [0, 0.1) is 0 Å². The van der Waals surface area contributed by atoms with Crippen LogP contribution in [0.4, 0.5) is 0 Å². The van der Waals surface area contributed by atoms with E-state index in [0.29, 0.717) is 6.61 Å². The summed E-state index contributed by atoms with van der Waals surface area (Å²) in [6.07, 6.45) is -0.350. The van der Waals surface area contributed by atoms with Crippen LogP contribution in [0.3, 0.4) is 0 Å². The van der Waals surface area contributed by atoms with Gasteiger partial charge in [0.1, 0.15) is 0 Å². The van der Waals surface area contributed by atoms with Gasteiger partial charge in [0.25, 0.3) is 0 Å². The summed E-state index contributed by atoms with van der Waals surface area (Å²) in [7, 11) is 1.59. The summed E-state index contributed by atoms with van der Waals surface area (Å²) in [6.45, 7) is 2.37. The molecule has 2 atom stereocenters. The summed E-state index contributed by atoms with van der Waals surface area (Å²) >= 11 is 5.86. The van der Waals surface area contributed by atoms with Crippen LogP contribution in [-0.4, -0.2) is 18.8 Å². The van der Waals surface area contributed by atoms with Gasteiger partial charge in [-0.2, -0.15) is 0 Å². The highest BCUT2D eigenvalue weighted by atomic mass is 35.5. The zero-order valence-electron chi connectivity index (χ0n) is 8.44. The maximum atomic E-state index is 5.86. The van der Waals surface area contributed by atoms with Crippen LogP contribution >= 0.6 is 11.6 Å². The van der Waals surface area contributed by atoms with E-state index in [0.717, 1.165) is 5.56 Å². The third-order valence-corrected chi connectivity index (χ3v) is 2.07. The van der Waals surface area contributed by atoms with Crippen molar-refractivity contribution >= 4 is 11.6 Å². The molecule has 0 saturated heterocycles. The maximum absolute atomic E-state index is 5.86. The van der Waals surface area contributed by atoms with Crippen molar-refractivity contribution in [2.24, 2.45) is 0 Å². The lowest BCUT2D eigenvalue weighted by Crippen LogP contribution is -2.24. The van der Waals surface area contributed by atoms with Crippen molar-refractivity contribution in [1.29, 1.82) is 0 Å². The quantitative estimate of drug-likeness (QED) is 0.554. The molecule has 0 aliphatic carbocycles. The Morgan fingerprint density at radius 1 is 1.29 bits per heavy atom. The molecule has 2 unspecified atom stereocenters. The molecular formula is C11H15ClO2. The number of alkyl halides is 1. The standard InChI is InChI=1S/C11H15ClO2/c1-9(12)11(13-2)14-8-10-6-4-3-5-7-10/h3-7,9,11H,8H2,1-2H3. The number of hydrogen-bond acceptors (Lipinski definition) is 2. The number of hydrogen-bond donors (Lipinski definition) is 0. The second kappa shape index (κ2) is 6.02. The third-order valence-electron chi connectivity index (χ3n) is 1.86. The number of ether oxygens (including phenoxy) is 2. The van der Waals surface area contributed by atoms with Crippen molar-refractivity contribution in [3.05, 3.63) is 35.9 Å². The lowest BCUT2D eigenvalue weighted by atomic mass is 10.2. The highest BCUT2D eigenvalue weighted by molar-refractivity contribution is 6.20. The summed E-state index contributed by atoms with van der Waals surface area (Å²) in [6, 6.07) is 9.94. The maximum Gasteiger partial charge on any atom is 0.173 e. The molecule has 0 amide bonds. The molecule has 0 aliphatic rings. The largest absolute Gasteiger partial charge is 0.354 e. The summed E-state index contributed by atoms with van der Waals surface area (Å²) < 4.78 is 10.6. The zero-order chi connectivity index (χ0) is 10.4. The van der Waals surface area contributed by atoms with Crippen LogP contribution in [0.25, 0.3) is 0 Å². The predicted molar refractivity (Wildman–Crippen MR) is 57.3 cm³/mol. The monoisotopic (exact) mass is 214 g/mol. The Hall–Kier alpha value is -0.570. The molecular weight excluding hydrogens is 200 g/mol. The molecule has 1 aromatic rings. The van der Waals surface area contributed by atoms with Crippen LogP contribution < -0.4 is 0 Å². The van der Waals surface area contributed by atoms with Crippen molar-refractivity contribution in [3.8, 4) is 0 Å². The molecule has 1 rings (SSSR count). The molecule has 0 bridgehead atoms. The minimum Gasteiger partial charge on any atom is -0.354 e. The van der Waals surface area contributed by atoms with E-state index in [1.54, 1.807) is 7.11 Å². The van der Waals surface area contributed by atoms with E-state index >= 15 is 0 Å². The Kier molecular flexibility index (Phi) is 4.94. The Morgan fingerprint density at radius 3 is 2.43 bits per heavy atom. The van der Waals surface area contributed by atoms with Crippen LogP contribution in [-0.2, 0) is 16.1 Å². The van der Waals surface area contributed by atoms with Crippen molar-refractivity contribution in [2.45, 2.75) is 25.2 Å². The molecule has 0 aliphatic heterocycles. The molecule has 78 valence electrons. The molecule has 0 saturated carbocycles. The Balaban J connectivity index is 2.40. The number of rotatable bonds is 5. The fourth-order valence-electron chi connectivity index (χ4n) is 1.14. The molecule has 2 nitrogen and oxygen atoms in total. The SMILES string of the molecule is COC(OCc1ccccc1)C(C)Cl. The summed E-state index contributed by atoms with van der Waals surface area (Å²) in [5, 5.41) is -0.149. The van der Waals surface area contributed by atoms with Crippen LogP contribution in [0.2, 0.25) is 0 Å². The minimum absolute atomic E-state index is 0.149. The van der Waals surface area contributed by atoms with Gasteiger partial charge in [-0.25, -0.2) is 0 Å². The smallest absolute Gasteiger partial charge is 0.173 e. The fraction of sp³-hybridized carbons (Fsp3) is 0.455. The van der Waals surface area contributed by atoms with Gasteiger partial charge in [0.15, 0.2) is 6.29 Å². The first-order valence-electron chi connectivity index (χ1n) is 4.56. The number of benzene rings is 1. The number of methoxy groups -OCH3 is 1.